The number of benzene rings is 1. The summed E-state index contributed by atoms with van der Waals surface area (Å²) in [4.78, 5) is 22.5. The van der Waals surface area contributed by atoms with E-state index in [1.54, 1.807) is 6.20 Å². The van der Waals surface area contributed by atoms with Gasteiger partial charge in [-0.25, -0.2) is 0 Å². The zero-order valence-corrected chi connectivity index (χ0v) is 10.6. The number of aliphatic carboxylic acids is 1. The predicted molar refractivity (Wildman–Crippen MR) is 70.1 cm³/mol. The van der Waals surface area contributed by atoms with Gasteiger partial charge in [0.2, 0.25) is 5.91 Å². The van der Waals surface area contributed by atoms with Gasteiger partial charge in [-0.05, 0) is 19.1 Å². The van der Waals surface area contributed by atoms with Gasteiger partial charge in [0, 0.05) is 23.6 Å². The SMILES string of the molecule is Cc1ccc2c(c1)c(CO)cn2C(=O)CCC(=O)O. The Morgan fingerprint density at radius 3 is 2.63 bits per heavy atom. The van der Waals surface area contributed by atoms with E-state index < -0.39 is 5.97 Å². The second-order valence-electron chi connectivity index (χ2n) is 4.49. The van der Waals surface area contributed by atoms with Crippen molar-refractivity contribution < 1.29 is 19.8 Å². The lowest BCUT2D eigenvalue weighted by Crippen LogP contribution is -2.11. The topological polar surface area (TPSA) is 79.5 Å². The van der Waals surface area contributed by atoms with Crippen LogP contribution in [0.2, 0.25) is 0 Å². The Labute approximate surface area is 110 Å². The van der Waals surface area contributed by atoms with Gasteiger partial charge in [-0.1, -0.05) is 11.6 Å². The van der Waals surface area contributed by atoms with Crippen molar-refractivity contribution in [2.45, 2.75) is 26.4 Å². The van der Waals surface area contributed by atoms with Gasteiger partial charge in [-0.2, -0.15) is 0 Å². The summed E-state index contributed by atoms with van der Waals surface area (Å²) in [6.45, 7) is 1.78. The summed E-state index contributed by atoms with van der Waals surface area (Å²) in [5, 5.41) is 18.8. The Balaban J connectivity index is 2.43. The number of aliphatic hydroxyl groups is 1. The van der Waals surface area contributed by atoms with E-state index in [-0.39, 0.29) is 25.4 Å². The van der Waals surface area contributed by atoms with Crippen molar-refractivity contribution in [2.75, 3.05) is 0 Å². The highest BCUT2D eigenvalue weighted by atomic mass is 16.4. The van der Waals surface area contributed by atoms with Crippen molar-refractivity contribution in [2.24, 2.45) is 0 Å². The van der Waals surface area contributed by atoms with E-state index >= 15 is 0 Å². The molecule has 0 atom stereocenters. The molecule has 0 amide bonds. The Morgan fingerprint density at radius 1 is 1.26 bits per heavy atom. The lowest BCUT2D eigenvalue weighted by atomic mass is 10.1. The van der Waals surface area contributed by atoms with Crippen molar-refractivity contribution in [1.29, 1.82) is 0 Å². The third-order valence-corrected chi connectivity index (χ3v) is 3.03. The van der Waals surface area contributed by atoms with E-state index in [0.717, 1.165) is 10.9 Å². The second kappa shape index (κ2) is 5.24. The first-order valence-corrected chi connectivity index (χ1v) is 5.99. The molecule has 1 aromatic heterocycles. The van der Waals surface area contributed by atoms with Crippen molar-refractivity contribution in [3.8, 4) is 0 Å². The average Bonchev–Trinajstić information content (AvgIpc) is 2.73. The van der Waals surface area contributed by atoms with E-state index in [0.29, 0.717) is 11.1 Å². The number of fused-ring (bicyclic) bond motifs is 1. The van der Waals surface area contributed by atoms with Crippen LogP contribution in [-0.4, -0.2) is 26.7 Å². The lowest BCUT2D eigenvalue weighted by Gasteiger charge is -2.03. The Hall–Kier alpha value is -2.14. The van der Waals surface area contributed by atoms with E-state index in [9.17, 15) is 14.7 Å². The van der Waals surface area contributed by atoms with Crippen molar-refractivity contribution >= 4 is 22.8 Å². The number of aryl methyl sites for hydroxylation is 1. The molecule has 0 unspecified atom stereocenters. The predicted octanol–water partition coefficient (Wildman–Crippen LogP) is 1.95. The van der Waals surface area contributed by atoms with Crippen LogP contribution in [0.5, 0.6) is 0 Å². The number of hydrogen-bond donors (Lipinski definition) is 2. The van der Waals surface area contributed by atoms with Crippen LogP contribution in [0.1, 0.15) is 28.8 Å². The minimum Gasteiger partial charge on any atom is -0.481 e. The molecule has 0 aliphatic heterocycles. The molecule has 100 valence electrons. The smallest absolute Gasteiger partial charge is 0.303 e. The van der Waals surface area contributed by atoms with E-state index in [1.807, 2.05) is 25.1 Å². The van der Waals surface area contributed by atoms with Crippen LogP contribution in [-0.2, 0) is 11.4 Å². The first-order chi connectivity index (χ1) is 9.02. The standard InChI is InChI=1S/C14H15NO4/c1-9-2-3-12-11(6-9)10(8-16)7-15(12)13(17)4-5-14(18)19/h2-3,6-7,16H,4-5,8H2,1H3,(H,18,19). The van der Waals surface area contributed by atoms with E-state index in [2.05, 4.69) is 0 Å². The molecule has 5 nitrogen and oxygen atoms in total. The lowest BCUT2D eigenvalue weighted by molar-refractivity contribution is -0.136. The number of carboxylic acids is 1. The number of aromatic nitrogens is 1. The van der Waals surface area contributed by atoms with E-state index in [1.165, 1.54) is 4.57 Å². The molecule has 1 heterocycles. The number of carbonyl (C=O) groups is 2. The number of rotatable bonds is 4. The van der Waals surface area contributed by atoms with Crippen molar-refractivity contribution in [1.82, 2.24) is 4.57 Å². The summed E-state index contributed by atoms with van der Waals surface area (Å²) in [7, 11) is 0. The summed E-state index contributed by atoms with van der Waals surface area (Å²) < 4.78 is 1.42. The van der Waals surface area contributed by atoms with Crippen LogP contribution in [0.15, 0.2) is 24.4 Å². The molecule has 5 heteroatoms. The minimum atomic E-state index is -0.997. The van der Waals surface area contributed by atoms with Gasteiger partial charge in [0.05, 0.1) is 18.5 Å². The third kappa shape index (κ3) is 2.66. The van der Waals surface area contributed by atoms with Crippen LogP contribution in [0.4, 0.5) is 0 Å². The quantitative estimate of drug-likeness (QED) is 0.881. The van der Waals surface area contributed by atoms with Gasteiger partial charge in [0.1, 0.15) is 0 Å². The maximum Gasteiger partial charge on any atom is 0.303 e. The zero-order chi connectivity index (χ0) is 14.0. The molecule has 0 spiro atoms. The fourth-order valence-corrected chi connectivity index (χ4v) is 2.08. The molecule has 0 fully saturated rings. The molecular weight excluding hydrogens is 246 g/mol. The molecule has 0 bridgehead atoms. The first kappa shape index (κ1) is 13.3. The Bertz CT molecular complexity index is 642. The molecule has 2 N–H and O–H groups in total. The fraction of sp³-hybridized carbons (Fsp3) is 0.286. The monoisotopic (exact) mass is 261 g/mol. The molecule has 0 aliphatic carbocycles. The molecule has 19 heavy (non-hydrogen) atoms. The van der Waals surface area contributed by atoms with Gasteiger partial charge >= 0.3 is 5.97 Å². The normalized spacial score (nSPS) is 10.8. The highest BCUT2D eigenvalue weighted by molar-refractivity contribution is 5.95. The summed E-state index contributed by atoms with van der Waals surface area (Å²) >= 11 is 0. The van der Waals surface area contributed by atoms with Crippen molar-refractivity contribution in [3.63, 3.8) is 0 Å². The first-order valence-electron chi connectivity index (χ1n) is 5.99. The van der Waals surface area contributed by atoms with E-state index in [4.69, 9.17) is 5.11 Å². The molecule has 0 saturated carbocycles. The minimum absolute atomic E-state index is 0.0577. The summed E-state index contributed by atoms with van der Waals surface area (Å²) in [6, 6.07) is 5.59. The molecule has 2 aromatic rings. The number of carbonyl (C=O) groups excluding carboxylic acids is 1. The second-order valence-corrected chi connectivity index (χ2v) is 4.49. The molecule has 1 aromatic carbocycles. The largest absolute Gasteiger partial charge is 0.481 e. The number of aliphatic hydroxyl groups excluding tert-OH is 1. The molecular formula is C14H15NO4. The van der Waals surface area contributed by atoms with Gasteiger partial charge in [0.15, 0.2) is 0 Å². The van der Waals surface area contributed by atoms with Crippen molar-refractivity contribution in [3.05, 3.63) is 35.5 Å². The van der Waals surface area contributed by atoms with Gasteiger partial charge < -0.3 is 10.2 Å². The van der Waals surface area contributed by atoms with Crippen LogP contribution in [0.3, 0.4) is 0 Å². The number of carboxylic acid groups (broad SMARTS) is 1. The van der Waals surface area contributed by atoms with Crippen LogP contribution in [0.25, 0.3) is 10.9 Å². The van der Waals surface area contributed by atoms with Crippen LogP contribution in [0, 0.1) is 6.92 Å². The van der Waals surface area contributed by atoms with Gasteiger partial charge in [-0.3, -0.25) is 14.2 Å². The summed E-state index contributed by atoms with van der Waals surface area (Å²) in [5.41, 5.74) is 2.41. The molecule has 0 saturated heterocycles. The Kier molecular flexibility index (Phi) is 3.66. The van der Waals surface area contributed by atoms with Crippen LogP contribution >= 0.6 is 0 Å². The van der Waals surface area contributed by atoms with Crippen LogP contribution < -0.4 is 0 Å². The average molecular weight is 261 g/mol. The fourth-order valence-electron chi connectivity index (χ4n) is 2.08. The number of hydrogen-bond acceptors (Lipinski definition) is 3. The highest BCUT2D eigenvalue weighted by Gasteiger charge is 2.14. The summed E-state index contributed by atoms with van der Waals surface area (Å²) in [6.07, 6.45) is 1.32. The maximum absolute atomic E-state index is 12.0. The molecule has 0 aliphatic rings. The highest BCUT2D eigenvalue weighted by Crippen LogP contribution is 2.23. The molecule has 2 rings (SSSR count). The van der Waals surface area contributed by atoms with Gasteiger partial charge in [-0.15, -0.1) is 0 Å². The number of nitrogens with zero attached hydrogens (tertiary/aromatic N) is 1. The third-order valence-electron chi connectivity index (χ3n) is 3.03. The maximum atomic E-state index is 12.0. The molecule has 0 radical (unpaired) electrons. The Morgan fingerprint density at radius 2 is 2.00 bits per heavy atom. The van der Waals surface area contributed by atoms with Gasteiger partial charge in [0.25, 0.3) is 0 Å². The summed E-state index contributed by atoms with van der Waals surface area (Å²) in [5.74, 6) is -1.28. The zero-order valence-electron chi connectivity index (χ0n) is 10.6.